The van der Waals surface area contributed by atoms with Crippen LogP contribution in [0, 0.1) is 0 Å². The molecule has 0 spiro atoms. The van der Waals surface area contributed by atoms with Crippen molar-refractivity contribution < 1.29 is 9.53 Å². The summed E-state index contributed by atoms with van der Waals surface area (Å²) < 4.78 is 5.10. The predicted octanol–water partition coefficient (Wildman–Crippen LogP) is 2.02. The zero-order valence-electron chi connectivity index (χ0n) is 7.44. The van der Waals surface area contributed by atoms with Gasteiger partial charge in [0.1, 0.15) is 6.10 Å². The van der Waals surface area contributed by atoms with Crippen molar-refractivity contribution >= 4 is 17.6 Å². The van der Waals surface area contributed by atoms with Crippen LogP contribution in [0.2, 0.25) is 0 Å². The fourth-order valence-corrected chi connectivity index (χ4v) is 1.90. The summed E-state index contributed by atoms with van der Waals surface area (Å²) in [4.78, 5) is 11.1. The Hall–Kier alpha value is -1.83. The van der Waals surface area contributed by atoms with Crippen LogP contribution in [0.25, 0.3) is 11.6 Å². The topological polar surface area (TPSA) is 26.3 Å². The molecule has 0 saturated heterocycles. The van der Waals surface area contributed by atoms with E-state index < -0.39 is 0 Å². The van der Waals surface area contributed by atoms with Crippen LogP contribution < -0.4 is 0 Å². The van der Waals surface area contributed by atoms with Gasteiger partial charge in [-0.3, -0.25) is 0 Å². The molecule has 1 aliphatic heterocycles. The summed E-state index contributed by atoms with van der Waals surface area (Å²) >= 11 is 0. The van der Waals surface area contributed by atoms with E-state index in [1.54, 1.807) is 6.08 Å². The molecule has 1 aliphatic carbocycles. The SMILES string of the molecule is O=C1C=C2c3ccccc3C=CC2O1. The molecular formula is C12H8O2. The summed E-state index contributed by atoms with van der Waals surface area (Å²) in [7, 11) is 0. The Morgan fingerprint density at radius 2 is 2.07 bits per heavy atom. The van der Waals surface area contributed by atoms with E-state index in [0.717, 1.165) is 16.7 Å². The van der Waals surface area contributed by atoms with Crippen LogP contribution in [0.5, 0.6) is 0 Å². The second kappa shape index (κ2) is 2.58. The van der Waals surface area contributed by atoms with Crippen LogP contribution in [0.3, 0.4) is 0 Å². The maximum atomic E-state index is 11.1. The van der Waals surface area contributed by atoms with Gasteiger partial charge in [0, 0.05) is 11.6 Å². The highest BCUT2D eigenvalue weighted by molar-refractivity contribution is 6.00. The fourth-order valence-electron chi connectivity index (χ4n) is 1.90. The van der Waals surface area contributed by atoms with Crippen LogP contribution in [-0.2, 0) is 9.53 Å². The van der Waals surface area contributed by atoms with Gasteiger partial charge in [-0.25, -0.2) is 4.79 Å². The lowest BCUT2D eigenvalue weighted by Crippen LogP contribution is -2.10. The molecule has 0 bridgehead atoms. The first-order valence-electron chi connectivity index (χ1n) is 4.54. The molecule has 0 aromatic heterocycles. The molecule has 14 heavy (non-hydrogen) atoms. The number of ether oxygens (including phenoxy) is 1. The van der Waals surface area contributed by atoms with Crippen LogP contribution in [0.15, 0.2) is 36.4 Å². The largest absolute Gasteiger partial charge is 0.450 e. The quantitative estimate of drug-likeness (QED) is 0.576. The van der Waals surface area contributed by atoms with Crippen molar-refractivity contribution in [1.29, 1.82) is 0 Å². The number of carbonyl (C=O) groups excluding carboxylic acids is 1. The summed E-state index contributed by atoms with van der Waals surface area (Å²) in [5, 5.41) is 0. The molecule has 1 heterocycles. The number of rotatable bonds is 0. The molecule has 0 amide bonds. The molecule has 68 valence electrons. The molecule has 0 saturated carbocycles. The lowest BCUT2D eigenvalue weighted by atomic mass is 9.91. The van der Waals surface area contributed by atoms with E-state index in [1.807, 2.05) is 36.4 Å². The third kappa shape index (κ3) is 0.940. The number of benzene rings is 1. The van der Waals surface area contributed by atoms with E-state index in [2.05, 4.69) is 0 Å². The Balaban J connectivity index is 2.23. The van der Waals surface area contributed by atoms with E-state index in [0.29, 0.717) is 0 Å². The van der Waals surface area contributed by atoms with Gasteiger partial charge in [-0.1, -0.05) is 30.3 Å². The third-order valence-electron chi connectivity index (χ3n) is 2.55. The van der Waals surface area contributed by atoms with Gasteiger partial charge >= 0.3 is 5.97 Å². The van der Waals surface area contributed by atoms with Crippen molar-refractivity contribution in [3.05, 3.63) is 47.5 Å². The number of carbonyl (C=O) groups is 1. The Morgan fingerprint density at radius 1 is 1.21 bits per heavy atom. The van der Waals surface area contributed by atoms with Crippen molar-refractivity contribution in [1.82, 2.24) is 0 Å². The van der Waals surface area contributed by atoms with Crippen molar-refractivity contribution in [2.24, 2.45) is 0 Å². The van der Waals surface area contributed by atoms with Crippen molar-refractivity contribution in [2.75, 3.05) is 0 Å². The standard InChI is InChI=1S/C12H8O2/c13-12-7-10-9-4-2-1-3-8(9)5-6-11(10)14-12/h1-7,11H. The molecule has 3 rings (SSSR count). The van der Waals surface area contributed by atoms with Gasteiger partial charge in [0.2, 0.25) is 0 Å². The summed E-state index contributed by atoms with van der Waals surface area (Å²) in [5.41, 5.74) is 3.23. The van der Waals surface area contributed by atoms with Crippen LogP contribution >= 0.6 is 0 Å². The minimum absolute atomic E-state index is 0.169. The van der Waals surface area contributed by atoms with Gasteiger partial charge in [0.05, 0.1) is 0 Å². The van der Waals surface area contributed by atoms with Gasteiger partial charge in [0.15, 0.2) is 0 Å². The maximum Gasteiger partial charge on any atom is 0.332 e. The van der Waals surface area contributed by atoms with Crippen molar-refractivity contribution in [3.8, 4) is 0 Å². The molecule has 1 atom stereocenters. The van der Waals surface area contributed by atoms with E-state index >= 15 is 0 Å². The normalized spacial score (nSPS) is 22.4. The lowest BCUT2D eigenvalue weighted by molar-refractivity contribution is -0.136. The van der Waals surface area contributed by atoms with Gasteiger partial charge in [-0.15, -0.1) is 0 Å². The first kappa shape index (κ1) is 7.56. The molecule has 1 aromatic carbocycles. The highest BCUT2D eigenvalue weighted by atomic mass is 16.5. The summed E-state index contributed by atoms with van der Waals surface area (Å²) in [6.45, 7) is 0. The van der Waals surface area contributed by atoms with Gasteiger partial charge in [0.25, 0.3) is 0 Å². The zero-order chi connectivity index (χ0) is 9.54. The van der Waals surface area contributed by atoms with Crippen LogP contribution in [0.4, 0.5) is 0 Å². The average Bonchev–Trinajstić information content (AvgIpc) is 2.59. The molecule has 0 radical (unpaired) electrons. The third-order valence-corrected chi connectivity index (χ3v) is 2.55. The minimum Gasteiger partial charge on any atom is -0.450 e. The molecule has 0 N–H and O–H groups in total. The lowest BCUT2D eigenvalue weighted by Gasteiger charge is -2.16. The molecule has 1 unspecified atom stereocenters. The summed E-state index contributed by atoms with van der Waals surface area (Å²) in [6.07, 6.45) is 5.32. The maximum absolute atomic E-state index is 11.1. The Morgan fingerprint density at radius 3 is 3.00 bits per heavy atom. The van der Waals surface area contributed by atoms with E-state index in [-0.39, 0.29) is 12.1 Å². The number of hydrogen-bond donors (Lipinski definition) is 0. The average molecular weight is 184 g/mol. The molecule has 2 heteroatoms. The molecular weight excluding hydrogens is 176 g/mol. The second-order valence-electron chi connectivity index (χ2n) is 3.40. The molecule has 2 aliphatic rings. The van der Waals surface area contributed by atoms with Gasteiger partial charge < -0.3 is 4.74 Å². The number of hydrogen-bond acceptors (Lipinski definition) is 2. The summed E-state index contributed by atoms with van der Waals surface area (Å²) in [5.74, 6) is -0.244. The predicted molar refractivity (Wildman–Crippen MR) is 53.3 cm³/mol. The van der Waals surface area contributed by atoms with Crippen molar-refractivity contribution in [3.63, 3.8) is 0 Å². The van der Waals surface area contributed by atoms with Gasteiger partial charge in [-0.2, -0.15) is 0 Å². The van der Waals surface area contributed by atoms with E-state index in [4.69, 9.17) is 4.74 Å². The highest BCUT2D eigenvalue weighted by Crippen LogP contribution is 2.33. The van der Waals surface area contributed by atoms with E-state index in [9.17, 15) is 4.79 Å². The monoisotopic (exact) mass is 184 g/mol. The molecule has 2 nitrogen and oxygen atoms in total. The highest BCUT2D eigenvalue weighted by Gasteiger charge is 2.28. The Kier molecular flexibility index (Phi) is 1.39. The first-order valence-corrected chi connectivity index (χ1v) is 4.54. The zero-order valence-corrected chi connectivity index (χ0v) is 7.44. The number of esters is 1. The van der Waals surface area contributed by atoms with Crippen LogP contribution in [-0.4, -0.2) is 12.1 Å². The number of fused-ring (bicyclic) bond motifs is 3. The second-order valence-corrected chi connectivity index (χ2v) is 3.40. The van der Waals surface area contributed by atoms with Gasteiger partial charge in [-0.05, 0) is 17.2 Å². The summed E-state index contributed by atoms with van der Waals surface area (Å²) in [6, 6.07) is 8.01. The smallest absolute Gasteiger partial charge is 0.332 e. The molecule has 0 fully saturated rings. The van der Waals surface area contributed by atoms with Crippen molar-refractivity contribution in [2.45, 2.75) is 6.10 Å². The molecule has 1 aromatic rings. The van der Waals surface area contributed by atoms with Crippen LogP contribution in [0.1, 0.15) is 11.1 Å². The Labute approximate surface area is 81.5 Å². The first-order chi connectivity index (χ1) is 6.84. The fraction of sp³-hybridized carbons (Fsp3) is 0.0833. The minimum atomic E-state index is -0.244. The Bertz CT molecular complexity index is 469. The van der Waals surface area contributed by atoms with E-state index in [1.165, 1.54) is 0 Å².